The van der Waals surface area contributed by atoms with E-state index in [2.05, 4.69) is 34.4 Å². The number of nitrogens with zero attached hydrogens (tertiary/aromatic N) is 2. The van der Waals surface area contributed by atoms with Crippen LogP contribution in [-0.2, 0) is 13.1 Å². The Kier molecular flexibility index (Phi) is 5.31. The Morgan fingerprint density at radius 1 is 1.38 bits per heavy atom. The molecule has 0 atom stereocenters. The van der Waals surface area contributed by atoms with Gasteiger partial charge in [0, 0.05) is 36.3 Å². The third kappa shape index (κ3) is 4.25. The lowest BCUT2D eigenvalue weighted by molar-refractivity contribution is 0.552. The number of hydrogen-bond donors (Lipinski definition) is 1. The molecule has 1 heterocycles. The maximum atomic E-state index is 14.1. The van der Waals surface area contributed by atoms with E-state index in [4.69, 9.17) is 0 Å². The van der Waals surface area contributed by atoms with Gasteiger partial charge in [-0.1, -0.05) is 19.9 Å². The summed E-state index contributed by atoms with van der Waals surface area (Å²) in [4.78, 5) is 6.52. The van der Waals surface area contributed by atoms with Gasteiger partial charge in [-0.25, -0.2) is 9.37 Å². The van der Waals surface area contributed by atoms with Crippen molar-refractivity contribution >= 4 is 17.0 Å². The maximum absolute atomic E-state index is 14.1. The second kappa shape index (κ2) is 7.00. The Labute approximate surface area is 129 Å². The van der Waals surface area contributed by atoms with Gasteiger partial charge in [-0.2, -0.15) is 0 Å². The zero-order valence-corrected chi connectivity index (χ0v) is 13.8. The van der Waals surface area contributed by atoms with Crippen molar-refractivity contribution in [1.29, 1.82) is 0 Å². The molecule has 0 aliphatic rings. The number of halogens is 1. The average molecular weight is 307 g/mol. The Morgan fingerprint density at radius 2 is 2.14 bits per heavy atom. The fourth-order valence-electron chi connectivity index (χ4n) is 2.20. The van der Waals surface area contributed by atoms with Crippen LogP contribution in [0.3, 0.4) is 0 Å². The largest absolute Gasteiger partial charge is 0.368 e. The molecule has 0 aliphatic heterocycles. The number of aryl methyl sites for hydroxylation is 1. The Bertz CT molecular complexity index is 595. The first kappa shape index (κ1) is 15.9. The molecular formula is C16H22FN3S. The van der Waals surface area contributed by atoms with E-state index < -0.39 is 0 Å². The molecule has 114 valence electrons. The SMILES string of the molecule is Cc1nc(CN(C)c2cccc(F)c2CNC(C)C)cs1. The summed E-state index contributed by atoms with van der Waals surface area (Å²) in [7, 11) is 1.97. The number of thiazole rings is 1. The van der Waals surface area contributed by atoms with Crippen LogP contribution in [0.25, 0.3) is 0 Å². The van der Waals surface area contributed by atoms with Crippen LogP contribution < -0.4 is 10.2 Å². The van der Waals surface area contributed by atoms with Crippen molar-refractivity contribution in [3.8, 4) is 0 Å². The van der Waals surface area contributed by atoms with Crippen molar-refractivity contribution < 1.29 is 4.39 Å². The Hall–Kier alpha value is -1.46. The molecule has 0 saturated carbocycles. The van der Waals surface area contributed by atoms with E-state index in [1.54, 1.807) is 17.4 Å². The lowest BCUT2D eigenvalue weighted by Gasteiger charge is -2.23. The monoisotopic (exact) mass is 307 g/mol. The first-order valence-corrected chi connectivity index (χ1v) is 7.98. The number of anilines is 1. The van der Waals surface area contributed by atoms with Gasteiger partial charge in [-0.05, 0) is 19.1 Å². The van der Waals surface area contributed by atoms with E-state index >= 15 is 0 Å². The molecule has 0 aliphatic carbocycles. The molecule has 3 nitrogen and oxygen atoms in total. The van der Waals surface area contributed by atoms with E-state index in [1.807, 2.05) is 20.0 Å². The minimum atomic E-state index is -0.165. The summed E-state index contributed by atoms with van der Waals surface area (Å²) in [6, 6.07) is 5.55. The van der Waals surface area contributed by atoms with Gasteiger partial charge >= 0.3 is 0 Å². The molecule has 0 fully saturated rings. The molecule has 0 radical (unpaired) electrons. The van der Waals surface area contributed by atoms with Crippen LogP contribution in [0.4, 0.5) is 10.1 Å². The smallest absolute Gasteiger partial charge is 0.129 e. The first-order chi connectivity index (χ1) is 9.97. The molecule has 1 N–H and O–H groups in total. The fraction of sp³-hybridized carbons (Fsp3) is 0.438. The van der Waals surface area contributed by atoms with Crippen LogP contribution in [0.2, 0.25) is 0 Å². The molecule has 21 heavy (non-hydrogen) atoms. The summed E-state index contributed by atoms with van der Waals surface area (Å²) in [6.45, 7) is 7.32. The van der Waals surface area contributed by atoms with Crippen molar-refractivity contribution in [2.45, 2.75) is 39.9 Å². The van der Waals surface area contributed by atoms with Gasteiger partial charge in [0.2, 0.25) is 0 Å². The lowest BCUT2D eigenvalue weighted by Crippen LogP contribution is -2.25. The van der Waals surface area contributed by atoms with Crippen LogP contribution in [0.15, 0.2) is 23.6 Å². The van der Waals surface area contributed by atoms with Crippen molar-refractivity contribution in [3.05, 3.63) is 45.7 Å². The number of nitrogens with one attached hydrogen (secondary N) is 1. The molecule has 0 saturated heterocycles. The van der Waals surface area contributed by atoms with Gasteiger partial charge in [0.1, 0.15) is 5.82 Å². The average Bonchev–Trinajstić information content (AvgIpc) is 2.82. The molecule has 2 rings (SSSR count). The second-order valence-electron chi connectivity index (χ2n) is 5.49. The summed E-state index contributed by atoms with van der Waals surface area (Å²) in [6.07, 6.45) is 0. The highest BCUT2D eigenvalue weighted by molar-refractivity contribution is 7.09. The maximum Gasteiger partial charge on any atom is 0.129 e. The topological polar surface area (TPSA) is 28.2 Å². The van der Waals surface area contributed by atoms with Crippen molar-refractivity contribution in [2.75, 3.05) is 11.9 Å². The van der Waals surface area contributed by atoms with Crippen molar-refractivity contribution in [3.63, 3.8) is 0 Å². The van der Waals surface area contributed by atoms with Crippen molar-refractivity contribution in [2.24, 2.45) is 0 Å². The number of aromatic nitrogens is 1. The van der Waals surface area contributed by atoms with Crippen LogP contribution in [0.1, 0.15) is 30.1 Å². The highest BCUT2D eigenvalue weighted by atomic mass is 32.1. The fourth-order valence-corrected chi connectivity index (χ4v) is 2.80. The first-order valence-electron chi connectivity index (χ1n) is 7.10. The molecule has 2 aromatic rings. The number of rotatable bonds is 6. The zero-order valence-electron chi connectivity index (χ0n) is 13.0. The van der Waals surface area contributed by atoms with Gasteiger partial charge < -0.3 is 10.2 Å². The van der Waals surface area contributed by atoms with Gasteiger partial charge in [-0.15, -0.1) is 11.3 Å². The lowest BCUT2D eigenvalue weighted by atomic mass is 10.1. The third-order valence-corrected chi connectivity index (χ3v) is 4.08. The number of hydrogen-bond acceptors (Lipinski definition) is 4. The summed E-state index contributed by atoms with van der Waals surface area (Å²) in [5.74, 6) is -0.165. The minimum absolute atomic E-state index is 0.165. The summed E-state index contributed by atoms with van der Waals surface area (Å²) in [5.41, 5.74) is 2.64. The molecule has 0 bridgehead atoms. The molecule has 0 spiro atoms. The van der Waals surface area contributed by atoms with Crippen LogP contribution in [-0.4, -0.2) is 18.1 Å². The van der Waals surface area contributed by atoms with E-state index in [-0.39, 0.29) is 5.82 Å². The van der Waals surface area contributed by atoms with Crippen LogP contribution >= 0.6 is 11.3 Å². The van der Waals surface area contributed by atoms with Gasteiger partial charge in [0.05, 0.1) is 17.2 Å². The summed E-state index contributed by atoms with van der Waals surface area (Å²) in [5, 5.41) is 6.39. The van der Waals surface area contributed by atoms with Crippen LogP contribution in [0, 0.1) is 12.7 Å². The predicted octanol–water partition coefficient (Wildman–Crippen LogP) is 3.73. The summed E-state index contributed by atoms with van der Waals surface area (Å²) >= 11 is 1.64. The Balaban J connectivity index is 2.19. The van der Waals surface area contributed by atoms with E-state index in [9.17, 15) is 4.39 Å². The standard InChI is InChI=1S/C16H22FN3S/c1-11(2)18-8-14-15(17)6-5-7-16(14)20(4)9-13-10-21-12(3)19-13/h5-7,10-11,18H,8-9H2,1-4H3. The molecule has 5 heteroatoms. The highest BCUT2D eigenvalue weighted by Gasteiger charge is 2.13. The van der Waals surface area contributed by atoms with Crippen molar-refractivity contribution in [1.82, 2.24) is 10.3 Å². The molecule has 0 unspecified atom stereocenters. The predicted molar refractivity (Wildman–Crippen MR) is 87.3 cm³/mol. The molecule has 0 amide bonds. The molecular weight excluding hydrogens is 285 g/mol. The van der Waals surface area contributed by atoms with Gasteiger partial charge in [0.25, 0.3) is 0 Å². The third-order valence-electron chi connectivity index (χ3n) is 3.26. The second-order valence-corrected chi connectivity index (χ2v) is 6.55. The zero-order chi connectivity index (χ0) is 15.4. The quantitative estimate of drug-likeness (QED) is 0.881. The molecule has 1 aromatic carbocycles. The van der Waals surface area contributed by atoms with E-state index in [0.29, 0.717) is 24.7 Å². The van der Waals surface area contributed by atoms with Gasteiger partial charge in [-0.3, -0.25) is 0 Å². The summed E-state index contributed by atoms with van der Waals surface area (Å²) < 4.78 is 14.1. The Morgan fingerprint density at radius 3 is 2.76 bits per heavy atom. The van der Waals surface area contributed by atoms with E-state index in [1.165, 1.54) is 6.07 Å². The normalized spacial score (nSPS) is 11.1. The van der Waals surface area contributed by atoms with Crippen LogP contribution in [0.5, 0.6) is 0 Å². The highest BCUT2D eigenvalue weighted by Crippen LogP contribution is 2.24. The number of benzene rings is 1. The van der Waals surface area contributed by atoms with Gasteiger partial charge in [0.15, 0.2) is 0 Å². The van der Waals surface area contributed by atoms with E-state index in [0.717, 1.165) is 16.4 Å². The molecule has 1 aromatic heterocycles. The minimum Gasteiger partial charge on any atom is -0.368 e.